The number of hydrogen-bond donors (Lipinski definition) is 4. The summed E-state index contributed by atoms with van der Waals surface area (Å²) in [5.74, 6) is -1.20. The minimum absolute atomic E-state index is 0.211. The van der Waals surface area contributed by atoms with Crippen molar-refractivity contribution in [3.63, 3.8) is 0 Å². The summed E-state index contributed by atoms with van der Waals surface area (Å²) in [5.41, 5.74) is 5.35. The fraction of sp³-hybridized carbons (Fsp3) is 0.462. The Balaban J connectivity index is 2.66. The van der Waals surface area contributed by atoms with Gasteiger partial charge in [-0.05, 0) is 24.5 Å². The van der Waals surface area contributed by atoms with Crippen LogP contribution in [0.1, 0.15) is 30.8 Å². The van der Waals surface area contributed by atoms with Crippen LogP contribution in [-0.2, 0) is 9.59 Å². The van der Waals surface area contributed by atoms with E-state index in [0.29, 0.717) is 12.1 Å². The molecule has 0 saturated carbocycles. The van der Waals surface area contributed by atoms with Crippen LogP contribution in [0, 0.1) is 5.92 Å². The van der Waals surface area contributed by atoms with Crippen molar-refractivity contribution in [2.45, 2.75) is 26.3 Å². The molecule has 7 heteroatoms. The van der Waals surface area contributed by atoms with Crippen LogP contribution in [0.4, 0.5) is 0 Å². The maximum atomic E-state index is 11.9. The second-order valence-electron chi connectivity index (χ2n) is 4.92. The molecule has 0 spiro atoms. The first-order valence-electron chi connectivity index (χ1n) is 6.40. The Morgan fingerprint density at radius 2 is 2.05 bits per heavy atom. The van der Waals surface area contributed by atoms with E-state index in [9.17, 15) is 14.4 Å². The topological polar surface area (TPSA) is 117 Å². The van der Waals surface area contributed by atoms with Crippen LogP contribution < -0.4 is 16.4 Å². The Morgan fingerprint density at radius 1 is 1.35 bits per heavy atom. The molecule has 0 saturated heterocycles. The Bertz CT molecular complexity index is 468. The number of nitrogens with one attached hydrogen (secondary N) is 3. The van der Waals surface area contributed by atoms with Gasteiger partial charge in [-0.25, -0.2) is 0 Å². The maximum Gasteiger partial charge on any atom is 0.268 e. The van der Waals surface area contributed by atoms with Gasteiger partial charge in [0.05, 0.1) is 6.54 Å². The molecule has 3 amide bonds. The number of amides is 3. The molecule has 7 nitrogen and oxygen atoms in total. The molecule has 0 aromatic carbocycles. The molecule has 0 radical (unpaired) electrons. The lowest BCUT2D eigenvalue weighted by atomic mass is 10.0. The van der Waals surface area contributed by atoms with Gasteiger partial charge in [0.15, 0.2) is 0 Å². The first-order valence-corrected chi connectivity index (χ1v) is 6.40. The first-order chi connectivity index (χ1) is 9.40. The van der Waals surface area contributed by atoms with E-state index in [4.69, 9.17) is 5.73 Å². The Labute approximate surface area is 117 Å². The van der Waals surface area contributed by atoms with Crippen LogP contribution in [0.5, 0.6) is 0 Å². The summed E-state index contributed by atoms with van der Waals surface area (Å²) in [5, 5.41) is 5.04. The molecular weight excluding hydrogens is 260 g/mol. The highest BCUT2D eigenvalue weighted by atomic mass is 16.2. The fourth-order valence-electron chi connectivity index (χ4n) is 1.71. The molecule has 1 atom stereocenters. The van der Waals surface area contributed by atoms with Gasteiger partial charge in [0.1, 0.15) is 11.7 Å². The van der Waals surface area contributed by atoms with Gasteiger partial charge >= 0.3 is 0 Å². The summed E-state index contributed by atoms with van der Waals surface area (Å²) >= 11 is 0. The minimum Gasteiger partial charge on any atom is -0.368 e. The zero-order valence-corrected chi connectivity index (χ0v) is 11.6. The lowest BCUT2D eigenvalue weighted by molar-refractivity contribution is -0.126. The molecule has 1 heterocycles. The molecule has 0 aliphatic rings. The quantitative estimate of drug-likeness (QED) is 0.552. The predicted octanol–water partition coefficient (Wildman–Crippen LogP) is -0.239. The monoisotopic (exact) mass is 280 g/mol. The van der Waals surface area contributed by atoms with E-state index in [0.717, 1.165) is 0 Å². The van der Waals surface area contributed by atoms with E-state index in [-0.39, 0.29) is 18.4 Å². The molecule has 20 heavy (non-hydrogen) atoms. The van der Waals surface area contributed by atoms with E-state index in [1.54, 1.807) is 18.3 Å². The van der Waals surface area contributed by atoms with Crippen LogP contribution in [-0.4, -0.2) is 35.3 Å². The van der Waals surface area contributed by atoms with Crippen LogP contribution in [0.25, 0.3) is 0 Å². The van der Waals surface area contributed by atoms with Crippen LogP contribution in [0.2, 0.25) is 0 Å². The van der Waals surface area contributed by atoms with Gasteiger partial charge in [0.2, 0.25) is 11.8 Å². The summed E-state index contributed by atoms with van der Waals surface area (Å²) in [6.45, 7) is 3.64. The van der Waals surface area contributed by atoms with Gasteiger partial charge < -0.3 is 21.4 Å². The summed E-state index contributed by atoms with van der Waals surface area (Å²) in [7, 11) is 0. The molecule has 0 aliphatic carbocycles. The third-order valence-electron chi connectivity index (χ3n) is 2.61. The van der Waals surface area contributed by atoms with Gasteiger partial charge in [0.25, 0.3) is 5.91 Å². The molecular formula is C13H20N4O3. The van der Waals surface area contributed by atoms with Crippen molar-refractivity contribution in [2.75, 3.05) is 6.54 Å². The first kappa shape index (κ1) is 15.7. The second kappa shape index (κ2) is 7.32. The number of nitrogens with two attached hydrogens (primary N) is 1. The van der Waals surface area contributed by atoms with E-state index < -0.39 is 17.9 Å². The van der Waals surface area contributed by atoms with Crippen LogP contribution in [0.15, 0.2) is 18.3 Å². The average molecular weight is 280 g/mol. The summed E-state index contributed by atoms with van der Waals surface area (Å²) in [6.07, 6.45) is 2.09. The summed E-state index contributed by atoms with van der Waals surface area (Å²) in [4.78, 5) is 37.3. The van der Waals surface area contributed by atoms with Crippen LogP contribution >= 0.6 is 0 Å². The van der Waals surface area contributed by atoms with Crippen LogP contribution in [0.3, 0.4) is 0 Å². The standard InChI is InChI=1S/C13H20N4O3/c1-8(2)6-10(12(19)16-7-11(14)18)17-13(20)9-4-3-5-15-9/h3-5,8,10,15H,6-7H2,1-2H3,(H2,14,18)(H,16,19)(H,17,20). The molecule has 1 unspecified atom stereocenters. The molecule has 0 aliphatic heterocycles. The molecule has 0 bridgehead atoms. The van der Waals surface area contributed by atoms with Crippen molar-refractivity contribution in [3.8, 4) is 0 Å². The number of H-pyrrole nitrogens is 1. The number of primary amides is 1. The second-order valence-corrected chi connectivity index (χ2v) is 4.92. The Kier molecular flexibility index (Phi) is 5.76. The lowest BCUT2D eigenvalue weighted by Crippen LogP contribution is -2.49. The third-order valence-corrected chi connectivity index (χ3v) is 2.61. The molecule has 5 N–H and O–H groups in total. The van der Waals surface area contributed by atoms with Gasteiger partial charge in [0, 0.05) is 6.20 Å². The smallest absolute Gasteiger partial charge is 0.268 e. The Morgan fingerprint density at radius 3 is 2.55 bits per heavy atom. The van der Waals surface area contributed by atoms with Crippen molar-refractivity contribution in [3.05, 3.63) is 24.0 Å². The number of hydrogen-bond acceptors (Lipinski definition) is 3. The molecule has 0 fully saturated rings. The average Bonchev–Trinajstić information content (AvgIpc) is 2.88. The van der Waals surface area contributed by atoms with Crippen molar-refractivity contribution in [2.24, 2.45) is 11.7 Å². The van der Waals surface area contributed by atoms with Crippen molar-refractivity contribution in [1.82, 2.24) is 15.6 Å². The normalized spacial score (nSPS) is 11.9. The summed E-state index contributed by atoms with van der Waals surface area (Å²) < 4.78 is 0. The number of rotatable bonds is 7. The van der Waals surface area contributed by atoms with E-state index in [1.165, 1.54) is 0 Å². The number of aromatic nitrogens is 1. The Hall–Kier alpha value is -2.31. The highest BCUT2D eigenvalue weighted by molar-refractivity contribution is 5.96. The highest BCUT2D eigenvalue weighted by Crippen LogP contribution is 2.06. The van der Waals surface area contributed by atoms with Gasteiger partial charge in [-0.1, -0.05) is 13.8 Å². The minimum atomic E-state index is -0.704. The van der Waals surface area contributed by atoms with Crippen molar-refractivity contribution in [1.29, 1.82) is 0 Å². The zero-order valence-electron chi connectivity index (χ0n) is 11.6. The lowest BCUT2D eigenvalue weighted by Gasteiger charge is -2.19. The van der Waals surface area contributed by atoms with E-state index in [2.05, 4.69) is 15.6 Å². The largest absolute Gasteiger partial charge is 0.368 e. The number of carbonyl (C=O) groups is 3. The SMILES string of the molecule is CC(C)CC(NC(=O)c1ccc[nH]1)C(=O)NCC(N)=O. The number of aromatic amines is 1. The maximum absolute atomic E-state index is 11.9. The number of carbonyl (C=O) groups excluding carboxylic acids is 3. The zero-order chi connectivity index (χ0) is 15.1. The van der Waals surface area contributed by atoms with Gasteiger partial charge in [-0.15, -0.1) is 0 Å². The predicted molar refractivity (Wildman–Crippen MR) is 73.7 cm³/mol. The molecule has 110 valence electrons. The van der Waals surface area contributed by atoms with E-state index in [1.807, 2.05) is 13.8 Å². The van der Waals surface area contributed by atoms with Crippen molar-refractivity contribution < 1.29 is 14.4 Å². The highest BCUT2D eigenvalue weighted by Gasteiger charge is 2.22. The van der Waals surface area contributed by atoms with E-state index >= 15 is 0 Å². The fourth-order valence-corrected chi connectivity index (χ4v) is 1.71. The van der Waals surface area contributed by atoms with Gasteiger partial charge in [-0.3, -0.25) is 14.4 Å². The third kappa shape index (κ3) is 5.13. The van der Waals surface area contributed by atoms with Gasteiger partial charge in [-0.2, -0.15) is 0 Å². The molecule has 1 rings (SSSR count). The molecule has 1 aromatic rings. The summed E-state index contributed by atoms with van der Waals surface area (Å²) in [6, 6.07) is 2.60. The molecule has 1 aromatic heterocycles. The van der Waals surface area contributed by atoms with Crippen molar-refractivity contribution >= 4 is 17.7 Å².